The van der Waals surface area contributed by atoms with Gasteiger partial charge < -0.3 is 14.8 Å². The van der Waals surface area contributed by atoms with Crippen LogP contribution in [0.2, 0.25) is 0 Å². The Morgan fingerprint density at radius 1 is 0.500 bits per heavy atom. The van der Waals surface area contributed by atoms with Crippen molar-refractivity contribution in [2.75, 3.05) is 13.6 Å². The first kappa shape index (κ1) is 40.9. The van der Waals surface area contributed by atoms with Gasteiger partial charge in [-0.25, -0.2) is 0 Å². The lowest BCUT2D eigenvalue weighted by molar-refractivity contribution is -0.165. The van der Waals surface area contributed by atoms with E-state index in [9.17, 15) is 0 Å². The molecule has 0 aromatic rings. The summed E-state index contributed by atoms with van der Waals surface area (Å²) in [5, 5.41) is 3.27. The Labute approximate surface area is 275 Å². The molecule has 2 atom stereocenters. The van der Waals surface area contributed by atoms with Crippen LogP contribution in [-0.2, 0) is 9.47 Å². The second kappa shape index (κ2) is 30.5. The standard InChI is InChI=1S/C41H75NO2/c1-5-7-9-11-13-15-17-19-21-23-25-27-29-31-33-35-39-40(44-41(3,43-39)37-38-42-4)36-34-32-30-28-26-24-22-20-18-16-14-12-10-8-6-2/h13-16,19-22,39-40,42H,5-12,17-18,23-38H2,1-4H3/b15-13-,16-14-,21-19-,22-20-. The lowest BCUT2D eigenvalue weighted by atomic mass is 9.99. The monoisotopic (exact) mass is 614 g/mol. The van der Waals surface area contributed by atoms with Gasteiger partial charge in [0, 0.05) is 6.42 Å². The quantitative estimate of drug-likeness (QED) is 0.0623. The Morgan fingerprint density at radius 2 is 0.864 bits per heavy atom. The molecule has 0 spiro atoms. The molecule has 0 saturated carbocycles. The molecule has 1 fully saturated rings. The van der Waals surface area contributed by atoms with Crippen LogP contribution in [0.4, 0.5) is 0 Å². The van der Waals surface area contributed by atoms with Gasteiger partial charge in [-0.15, -0.1) is 0 Å². The number of nitrogens with one attached hydrogen (secondary N) is 1. The van der Waals surface area contributed by atoms with Crippen molar-refractivity contribution in [1.29, 1.82) is 0 Å². The van der Waals surface area contributed by atoms with Gasteiger partial charge in [0.1, 0.15) is 0 Å². The second-order valence-electron chi connectivity index (χ2n) is 13.3. The molecule has 0 aliphatic carbocycles. The van der Waals surface area contributed by atoms with Gasteiger partial charge in [-0.1, -0.05) is 140 Å². The van der Waals surface area contributed by atoms with Gasteiger partial charge in [-0.3, -0.25) is 0 Å². The smallest absolute Gasteiger partial charge is 0.167 e. The van der Waals surface area contributed by atoms with Gasteiger partial charge in [0.2, 0.25) is 0 Å². The van der Waals surface area contributed by atoms with Gasteiger partial charge in [0.25, 0.3) is 0 Å². The molecule has 1 heterocycles. The van der Waals surface area contributed by atoms with Crippen LogP contribution in [0.15, 0.2) is 48.6 Å². The first-order valence-corrected chi connectivity index (χ1v) is 19.3. The van der Waals surface area contributed by atoms with Crippen LogP contribution in [-0.4, -0.2) is 31.6 Å². The summed E-state index contributed by atoms with van der Waals surface area (Å²) < 4.78 is 13.1. The first-order valence-electron chi connectivity index (χ1n) is 19.3. The van der Waals surface area contributed by atoms with Crippen molar-refractivity contribution < 1.29 is 9.47 Å². The van der Waals surface area contributed by atoms with Gasteiger partial charge in [0.05, 0.1) is 12.2 Å². The minimum atomic E-state index is -0.424. The van der Waals surface area contributed by atoms with Gasteiger partial charge in [-0.05, 0) is 97.6 Å². The Morgan fingerprint density at radius 3 is 1.25 bits per heavy atom. The topological polar surface area (TPSA) is 30.5 Å². The minimum Gasteiger partial charge on any atom is -0.344 e. The van der Waals surface area contributed by atoms with Crippen LogP contribution in [0.3, 0.4) is 0 Å². The van der Waals surface area contributed by atoms with Crippen molar-refractivity contribution in [1.82, 2.24) is 5.32 Å². The predicted octanol–water partition coefficient (Wildman–Crippen LogP) is 12.7. The molecule has 1 saturated heterocycles. The van der Waals surface area contributed by atoms with Crippen LogP contribution in [0, 0.1) is 0 Å². The highest BCUT2D eigenvalue weighted by molar-refractivity contribution is 4.93. The van der Waals surface area contributed by atoms with E-state index in [1.165, 1.54) is 128 Å². The van der Waals surface area contributed by atoms with E-state index in [2.05, 4.69) is 74.7 Å². The third kappa shape index (κ3) is 24.1. The highest BCUT2D eigenvalue weighted by Crippen LogP contribution is 2.36. The number of allylic oxidation sites excluding steroid dienone is 8. The van der Waals surface area contributed by atoms with Crippen molar-refractivity contribution >= 4 is 0 Å². The van der Waals surface area contributed by atoms with Gasteiger partial charge in [0.15, 0.2) is 5.79 Å². The van der Waals surface area contributed by atoms with E-state index in [0.29, 0.717) is 0 Å². The van der Waals surface area contributed by atoms with Crippen LogP contribution in [0.1, 0.15) is 181 Å². The summed E-state index contributed by atoms with van der Waals surface area (Å²) in [6, 6.07) is 0. The van der Waals surface area contributed by atoms with Crippen molar-refractivity contribution in [3.8, 4) is 0 Å². The highest BCUT2D eigenvalue weighted by Gasteiger charge is 2.43. The highest BCUT2D eigenvalue weighted by atomic mass is 16.8. The zero-order valence-corrected chi connectivity index (χ0v) is 30.0. The van der Waals surface area contributed by atoms with E-state index in [-0.39, 0.29) is 12.2 Å². The van der Waals surface area contributed by atoms with Gasteiger partial charge in [-0.2, -0.15) is 0 Å². The molecular weight excluding hydrogens is 538 g/mol. The fourth-order valence-corrected chi connectivity index (χ4v) is 6.09. The van der Waals surface area contributed by atoms with E-state index in [0.717, 1.165) is 38.6 Å². The largest absolute Gasteiger partial charge is 0.344 e. The molecule has 256 valence electrons. The third-order valence-corrected chi connectivity index (χ3v) is 8.92. The van der Waals surface area contributed by atoms with Crippen molar-refractivity contribution in [2.45, 2.75) is 199 Å². The van der Waals surface area contributed by atoms with Crippen molar-refractivity contribution in [3.05, 3.63) is 48.6 Å². The number of hydrogen-bond acceptors (Lipinski definition) is 3. The van der Waals surface area contributed by atoms with E-state index < -0.39 is 5.79 Å². The average Bonchev–Trinajstić information content (AvgIpc) is 3.35. The molecule has 1 rings (SSSR count). The molecule has 3 nitrogen and oxygen atoms in total. The summed E-state index contributed by atoms with van der Waals surface area (Å²) in [6.45, 7) is 7.62. The molecule has 0 bridgehead atoms. The molecule has 2 unspecified atom stereocenters. The van der Waals surface area contributed by atoms with Crippen LogP contribution in [0.5, 0.6) is 0 Å². The minimum absolute atomic E-state index is 0.264. The summed E-state index contributed by atoms with van der Waals surface area (Å²) in [7, 11) is 2.01. The maximum Gasteiger partial charge on any atom is 0.167 e. The molecule has 0 aromatic carbocycles. The normalized spacial score (nSPS) is 20.9. The maximum absolute atomic E-state index is 6.57. The third-order valence-electron chi connectivity index (χ3n) is 8.92. The Balaban J connectivity index is 2.15. The maximum atomic E-state index is 6.57. The number of ether oxygens (including phenoxy) is 2. The SMILES string of the molecule is CCCCC/C=C\C/C=C\CCCCCCCC1OC(C)(CCNC)OC1CCCCCCC/C=C\C/C=C\CCCCC. The van der Waals surface area contributed by atoms with Crippen molar-refractivity contribution in [3.63, 3.8) is 0 Å². The first-order chi connectivity index (χ1) is 21.6. The summed E-state index contributed by atoms with van der Waals surface area (Å²) in [6.07, 6.45) is 50.8. The zero-order valence-electron chi connectivity index (χ0n) is 30.0. The predicted molar refractivity (Wildman–Crippen MR) is 195 cm³/mol. The lowest BCUT2D eigenvalue weighted by Crippen LogP contribution is -2.31. The summed E-state index contributed by atoms with van der Waals surface area (Å²) in [5.74, 6) is -0.424. The molecule has 1 aliphatic rings. The molecule has 44 heavy (non-hydrogen) atoms. The van der Waals surface area contributed by atoms with Crippen LogP contribution in [0.25, 0.3) is 0 Å². The van der Waals surface area contributed by atoms with Crippen LogP contribution < -0.4 is 5.32 Å². The van der Waals surface area contributed by atoms with E-state index in [1.54, 1.807) is 0 Å². The van der Waals surface area contributed by atoms with E-state index >= 15 is 0 Å². The summed E-state index contributed by atoms with van der Waals surface area (Å²) >= 11 is 0. The fourth-order valence-electron chi connectivity index (χ4n) is 6.09. The molecule has 1 N–H and O–H groups in total. The zero-order chi connectivity index (χ0) is 31.8. The molecule has 0 radical (unpaired) electrons. The Hall–Kier alpha value is -1.16. The summed E-state index contributed by atoms with van der Waals surface area (Å²) in [4.78, 5) is 0. The number of hydrogen-bond donors (Lipinski definition) is 1. The Bertz CT molecular complexity index is 670. The molecule has 3 heteroatoms. The average molecular weight is 614 g/mol. The molecule has 0 amide bonds. The van der Waals surface area contributed by atoms with E-state index in [1.807, 2.05) is 7.05 Å². The van der Waals surface area contributed by atoms with Crippen LogP contribution >= 0.6 is 0 Å². The molecular formula is C41H75NO2. The Kier molecular flexibility index (Phi) is 28.3. The number of rotatable bonds is 31. The fraction of sp³-hybridized carbons (Fsp3) is 0.805. The lowest BCUT2D eigenvalue weighted by Gasteiger charge is -2.23. The number of unbranched alkanes of at least 4 members (excludes halogenated alkanes) is 16. The van der Waals surface area contributed by atoms with Crippen molar-refractivity contribution in [2.24, 2.45) is 0 Å². The second-order valence-corrected chi connectivity index (χ2v) is 13.3. The summed E-state index contributed by atoms with van der Waals surface area (Å²) in [5.41, 5.74) is 0. The molecule has 0 aromatic heterocycles. The van der Waals surface area contributed by atoms with Gasteiger partial charge >= 0.3 is 0 Å². The molecule has 1 aliphatic heterocycles. The van der Waals surface area contributed by atoms with E-state index in [4.69, 9.17) is 9.47 Å².